The van der Waals surface area contributed by atoms with Gasteiger partial charge in [0.05, 0.1) is 6.61 Å². The largest absolute Gasteiger partial charge is 0.494 e. The molecular weight excluding hydrogens is 292 g/mol. The molecule has 1 nitrogen and oxygen atoms in total. The van der Waals surface area contributed by atoms with Gasteiger partial charge in [-0.15, -0.1) is 0 Å². The molecule has 0 amide bonds. The lowest BCUT2D eigenvalue weighted by Crippen LogP contribution is -2.15. The van der Waals surface area contributed by atoms with Crippen LogP contribution in [0.3, 0.4) is 0 Å². The van der Waals surface area contributed by atoms with Crippen molar-refractivity contribution < 1.29 is 4.74 Å². The van der Waals surface area contributed by atoms with Gasteiger partial charge in [0.1, 0.15) is 5.75 Å². The summed E-state index contributed by atoms with van der Waals surface area (Å²) in [4.78, 5) is 0. The van der Waals surface area contributed by atoms with Crippen LogP contribution in [0.1, 0.15) is 90.0 Å². The highest BCUT2D eigenvalue weighted by atomic mass is 16.5. The molecule has 0 bridgehead atoms. The molecule has 2 rings (SSSR count). The SMILES string of the molecule is CCCC(CCC)C(CC1=CCCCC1)c1ccc(OCC)cc1. The van der Waals surface area contributed by atoms with Crippen LogP contribution < -0.4 is 4.74 Å². The maximum Gasteiger partial charge on any atom is 0.119 e. The van der Waals surface area contributed by atoms with Crippen LogP contribution in [0, 0.1) is 5.92 Å². The van der Waals surface area contributed by atoms with Gasteiger partial charge in [0.25, 0.3) is 0 Å². The molecule has 0 saturated heterocycles. The molecule has 0 radical (unpaired) electrons. The summed E-state index contributed by atoms with van der Waals surface area (Å²) < 4.78 is 5.63. The summed E-state index contributed by atoms with van der Waals surface area (Å²) in [5.74, 6) is 2.48. The average molecular weight is 329 g/mol. The highest BCUT2D eigenvalue weighted by molar-refractivity contribution is 5.31. The number of hydrogen-bond acceptors (Lipinski definition) is 1. The quantitative estimate of drug-likeness (QED) is 0.410. The van der Waals surface area contributed by atoms with Crippen molar-refractivity contribution in [2.24, 2.45) is 5.92 Å². The van der Waals surface area contributed by atoms with Crippen molar-refractivity contribution in [1.29, 1.82) is 0 Å². The van der Waals surface area contributed by atoms with Gasteiger partial charge in [-0.2, -0.15) is 0 Å². The first kappa shape index (κ1) is 19.1. The van der Waals surface area contributed by atoms with E-state index in [1.54, 1.807) is 5.57 Å². The van der Waals surface area contributed by atoms with Gasteiger partial charge in [0, 0.05) is 0 Å². The summed E-state index contributed by atoms with van der Waals surface area (Å²) in [5, 5.41) is 0. The first-order chi connectivity index (χ1) is 11.8. The lowest BCUT2D eigenvalue weighted by molar-refractivity contribution is 0.338. The molecule has 0 N–H and O–H groups in total. The molecule has 134 valence electrons. The van der Waals surface area contributed by atoms with Gasteiger partial charge in [-0.25, -0.2) is 0 Å². The summed E-state index contributed by atoms with van der Waals surface area (Å²) in [6.07, 6.45) is 14.4. The van der Waals surface area contributed by atoms with Crippen LogP contribution in [0.4, 0.5) is 0 Å². The average Bonchev–Trinajstić information content (AvgIpc) is 2.62. The van der Waals surface area contributed by atoms with Crippen molar-refractivity contribution in [3.63, 3.8) is 0 Å². The summed E-state index contributed by atoms with van der Waals surface area (Å²) >= 11 is 0. The summed E-state index contributed by atoms with van der Waals surface area (Å²) in [7, 11) is 0. The molecule has 0 heterocycles. The second-order valence-electron chi connectivity index (χ2n) is 7.26. The van der Waals surface area contributed by atoms with Crippen LogP contribution in [0.2, 0.25) is 0 Å². The maximum absolute atomic E-state index is 5.63. The minimum absolute atomic E-state index is 0.671. The lowest BCUT2D eigenvalue weighted by atomic mass is 9.76. The zero-order valence-electron chi connectivity index (χ0n) is 16.0. The van der Waals surface area contributed by atoms with E-state index in [2.05, 4.69) is 44.2 Å². The molecule has 1 aromatic carbocycles. The van der Waals surface area contributed by atoms with E-state index < -0.39 is 0 Å². The van der Waals surface area contributed by atoms with Crippen molar-refractivity contribution in [3.05, 3.63) is 41.5 Å². The Hall–Kier alpha value is -1.24. The molecule has 1 aliphatic carbocycles. The molecule has 1 heteroatoms. The molecule has 1 aromatic rings. The van der Waals surface area contributed by atoms with Crippen molar-refractivity contribution >= 4 is 0 Å². The van der Waals surface area contributed by atoms with E-state index >= 15 is 0 Å². The topological polar surface area (TPSA) is 9.23 Å². The minimum Gasteiger partial charge on any atom is -0.494 e. The van der Waals surface area contributed by atoms with Crippen molar-refractivity contribution in [2.75, 3.05) is 6.61 Å². The van der Waals surface area contributed by atoms with Gasteiger partial charge in [-0.3, -0.25) is 0 Å². The van der Waals surface area contributed by atoms with E-state index in [9.17, 15) is 0 Å². The fourth-order valence-electron chi connectivity index (χ4n) is 4.20. The maximum atomic E-state index is 5.63. The minimum atomic E-state index is 0.671. The molecule has 0 aromatic heterocycles. The predicted molar refractivity (Wildman–Crippen MR) is 105 cm³/mol. The number of ether oxygens (including phenoxy) is 1. The number of allylic oxidation sites excluding steroid dienone is 2. The van der Waals surface area contributed by atoms with Crippen molar-refractivity contribution in [3.8, 4) is 5.75 Å². The fourth-order valence-corrected chi connectivity index (χ4v) is 4.20. The third-order valence-corrected chi connectivity index (χ3v) is 5.37. The molecule has 0 aliphatic heterocycles. The fraction of sp³-hybridized carbons (Fsp3) is 0.652. The van der Waals surface area contributed by atoms with Crippen LogP contribution in [-0.4, -0.2) is 6.61 Å². The first-order valence-electron chi connectivity index (χ1n) is 10.2. The zero-order chi connectivity index (χ0) is 17.2. The third kappa shape index (κ3) is 5.69. The van der Waals surface area contributed by atoms with E-state index in [0.29, 0.717) is 5.92 Å². The standard InChI is InChI=1S/C23H36O/c1-4-10-20(11-5-2)23(18-19-12-8-7-9-13-19)21-14-16-22(17-15-21)24-6-3/h12,14-17,20,23H,4-11,13,18H2,1-3H3. The van der Waals surface area contributed by atoms with E-state index in [1.807, 2.05) is 6.92 Å². The van der Waals surface area contributed by atoms with Crippen molar-refractivity contribution in [1.82, 2.24) is 0 Å². The van der Waals surface area contributed by atoms with E-state index in [4.69, 9.17) is 4.74 Å². The van der Waals surface area contributed by atoms with Crippen LogP contribution in [0.15, 0.2) is 35.9 Å². The molecule has 1 unspecified atom stereocenters. The highest BCUT2D eigenvalue weighted by Crippen LogP contribution is 2.39. The Balaban J connectivity index is 2.20. The van der Waals surface area contributed by atoms with Gasteiger partial charge in [0.2, 0.25) is 0 Å². The number of rotatable bonds is 10. The second kappa shape index (κ2) is 10.6. The second-order valence-corrected chi connectivity index (χ2v) is 7.26. The molecular formula is C23H36O. The molecule has 24 heavy (non-hydrogen) atoms. The summed E-state index contributed by atoms with van der Waals surface area (Å²) in [6, 6.07) is 8.96. The van der Waals surface area contributed by atoms with Gasteiger partial charge < -0.3 is 4.74 Å². The van der Waals surface area contributed by atoms with Crippen molar-refractivity contribution in [2.45, 2.75) is 84.5 Å². The Morgan fingerprint density at radius 3 is 2.21 bits per heavy atom. The lowest BCUT2D eigenvalue weighted by Gasteiger charge is -2.29. The van der Waals surface area contributed by atoms with Gasteiger partial charge in [0.15, 0.2) is 0 Å². The molecule has 0 fully saturated rings. The van der Waals surface area contributed by atoms with E-state index in [-0.39, 0.29) is 0 Å². The Kier molecular flexibility index (Phi) is 8.42. The zero-order valence-corrected chi connectivity index (χ0v) is 16.0. The highest BCUT2D eigenvalue weighted by Gasteiger charge is 2.23. The van der Waals surface area contributed by atoms with Gasteiger partial charge in [-0.05, 0) is 68.6 Å². The predicted octanol–water partition coefficient (Wildman–Crippen LogP) is 7.28. The number of benzene rings is 1. The van der Waals surface area contributed by atoms with Crippen LogP contribution in [0.25, 0.3) is 0 Å². The Bertz CT molecular complexity index is 479. The summed E-state index contributed by atoms with van der Waals surface area (Å²) in [5.41, 5.74) is 3.22. The van der Waals surface area contributed by atoms with E-state index in [1.165, 1.54) is 63.4 Å². The third-order valence-electron chi connectivity index (χ3n) is 5.37. The summed E-state index contributed by atoms with van der Waals surface area (Å²) in [6.45, 7) is 7.45. The van der Waals surface area contributed by atoms with Crippen LogP contribution >= 0.6 is 0 Å². The molecule has 0 saturated carbocycles. The normalized spacial score (nSPS) is 16.1. The van der Waals surface area contributed by atoms with Gasteiger partial charge >= 0.3 is 0 Å². The van der Waals surface area contributed by atoms with Crippen LogP contribution in [0.5, 0.6) is 5.75 Å². The Labute approximate surface area is 149 Å². The monoisotopic (exact) mass is 328 g/mol. The Morgan fingerprint density at radius 2 is 1.67 bits per heavy atom. The van der Waals surface area contributed by atoms with E-state index in [0.717, 1.165) is 18.3 Å². The Morgan fingerprint density at radius 1 is 0.958 bits per heavy atom. The molecule has 1 aliphatic rings. The van der Waals surface area contributed by atoms with Gasteiger partial charge in [-0.1, -0.05) is 63.3 Å². The molecule has 1 atom stereocenters. The first-order valence-corrected chi connectivity index (χ1v) is 10.2. The smallest absolute Gasteiger partial charge is 0.119 e. The number of hydrogen-bond donors (Lipinski definition) is 0. The van der Waals surface area contributed by atoms with Crippen LogP contribution in [-0.2, 0) is 0 Å². The molecule has 0 spiro atoms.